The zero-order chi connectivity index (χ0) is 16.0. The summed E-state index contributed by atoms with van der Waals surface area (Å²) >= 11 is 3.47. The molecule has 0 radical (unpaired) electrons. The quantitative estimate of drug-likeness (QED) is 0.818. The molecule has 2 aliphatic rings. The third-order valence-electron chi connectivity index (χ3n) is 5.80. The Hall–Kier alpha value is -1.32. The summed E-state index contributed by atoms with van der Waals surface area (Å²) < 4.78 is 0.807. The number of nitrogens with zero attached hydrogens (tertiary/aromatic N) is 1. The van der Waals surface area contributed by atoms with E-state index in [0.717, 1.165) is 17.4 Å². The number of hydrogen-bond donors (Lipinski definition) is 1. The predicted octanol–water partition coefficient (Wildman–Crippen LogP) is 4.81. The molecule has 1 N–H and O–H groups in total. The van der Waals surface area contributed by atoms with Crippen LogP contribution >= 0.6 is 15.9 Å². The molecule has 0 spiro atoms. The Morgan fingerprint density at radius 3 is 2.57 bits per heavy atom. The van der Waals surface area contributed by atoms with E-state index in [1.165, 1.54) is 36.0 Å². The highest BCUT2D eigenvalue weighted by Crippen LogP contribution is 2.56. The molecule has 1 fully saturated rings. The van der Waals surface area contributed by atoms with E-state index in [9.17, 15) is 5.11 Å². The largest absolute Gasteiger partial charge is 0.507 e. The first-order chi connectivity index (χ1) is 11.1. The highest BCUT2D eigenvalue weighted by atomic mass is 79.9. The van der Waals surface area contributed by atoms with Crippen LogP contribution in [-0.4, -0.2) is 23.6 Å². The number of benzene rings is 2. The first kappa shape index (κ1) is 15.2. The van der Waals surface area contributed by atoms with Crippen molar-refractivity contribution in [2.45, 2.75) is 37.1 Å². The topological polar surface area (TPSA) is 23.5 Å². The summed E-state index contributed by atoms with van der Waals surface area (Å²) in [5.41, 5.74) is 4.31. The molecule has 1 aliphatic carbocycles. The van der Waals surface area contributed by atoms with Gasteiger partial charge >= 0.3 is 0 Å². The molecule has 1 heterocycles. The van der Waals surface area contributed by atoms with Crippen LogP contribution in [0.2, 0.25) is 0 Å². The molecule has 2 nitrogen and oxygen atoms in total. The highest BCUT2D eigenvalue weighted by Gasteiger charge is 2.49. The molecule has 0 saturated heterocycles. The van der Waals surface area contributed by atoms with E-state index in [0.29, 0.717) is 11.8 Å². The summed E-state index contributed by atoms with van der Waals surface area (Å²) in [5.74, 6) is 0.353. The van der Waals surface area contributed by atoms with Gasteiger partial charge in [0.25, 0.3) is 0 Å². The van der Waals surface area contributed by atoms with E-state index in [1.807, 2.05) is 6.07 Å². The fraction of sp³-hybridized carbons (Fsp3) is 0.400. The monoisotopic (exact) mass is 371 g/mol. The molecular formula is C20H22BrNO. The fourth-order valence-electron chi connectivity index (χ4n) is 4.52. The second-order valence-electron chi connectivity index (χ2n) is 7.01. The van der Waals surface area contributed by atoms with Gasteiger partial charge < -0.3 is 5.11 Å². The van der Waals surface area contributed by atoms with Gasteiger partial charge in [-0.25, -0.2) is 0 Å². The number of halogens is 1. The molecular weight excluding hydrogens is 350 g/mol. The van der Waals surface area contributed by atoms with Crippen LogP contribution in [0.15, 0.2) is 46.9 Å². The number of fused-ring (bicyclic) bond motifs is 1. The molecule has 1 aliphatic heterocycles. The highest BCUT2D eigenvalue weighted by molar-refractivity contribution is 9.10. The Balaban J connectivity index is 1.86. The summed E-state index contributed by atoms with van der Waals surface area (Å²) in [6, 6.07) is 15.4. The van der Waals surface area contributed by atoms with Crippen LogP contribution in [0.1, 0.15) is 42.0 Å². The summed E-state index contributed by atoms with van der Waals surface area (Å²) in [6.45, 7) is 1.07. The zero-order valence-corrected chi connectivity index (χ0v) is 15.0. The average molecular weight is 372 g/mol. The molecule has 0 amide bonds. The van der Waals surface area contributed by atoms with Crippen molar-refractivity contribution >= 4 is 15.9 Å². The van der Waals surface area contributed by atoms with Gasteiger partial charge in [0.05, 0.1) is 4.47 Å². The molecule has 3 heteroatoms. The van der Waals surface area contributed by atoms with E-state index in [2.05, 4.69) is 64.3 Å². The van der Waals surface area contributed by atoms with E-state index in [-0.39, 0.29) is 5.41 Å². The molecule has 2 aromatic rings. The number of likely N-dealkylation sites (N-methyl/N-ethyl adjacent to an activating group) is 1. The van der Waals surface area contributed by atoms with Gasteiger partial charge in [-0.15, -0.1) is 0 Å². The van der Waals surface area contributed by atoms with Crippen molar-refractivity contribution in [1.29, 1.82) is 0 Å². The Morgan fingerprint density at radius 2 is 1.91 bits per heavy atom. The van der Waals surface area contributed by atoms with E-state index in [4.69, 9.17) is 0 Å². The summed E-state index contributed by atoms with van der Waals surface area (Å²) in [7, 11) is 2.23. The van der Waals surface area contributed by atoms with Crippen LogP contribution < -0.4 is 0 Å². The summed E-state index contributed by atoms with van der Waals surface area (Å²) in [6.07, 6.45) is 4.79. The molecule has 23 heavy (non-hydrogen) atoms. The van der Waals surface area contributed by atoms with Gasteiger partial charge in [-0.2, -0.15) is 0 Å². The lowest BCUT2D eigenvalue weighted by Crippen LogP contribution is -2.49. The lowest BCUT2D eigenvalue weighted by molar-refractivity contribution is 0.0716. The minimum Gasteiger partial charge on any atom is -0.507 e. The van der Waals surface area contributed by atoms with E-state index in [1.54, 1.807) is 0 Å². The lowest BCUT2D eigenvalue weighted by atomic mass is 9.57. The Morgan fingerprint density at radius 1 is 1.17 bits per heavy atom. The Bertz CT molecular complexity index is 724. The second-order valence-corrected chi connectivity index (χ2v) is 7.87. The molecule has 2 aromatic carbocycles. The molecule has 0 bridgehead atoms. The van der Waals surface area contributed by atoms with Crippen molar-refractivity contribution < 1.29 is 5.11 Å². The Kier molecular flexibility index (Phi) is 3.73. The number of aromatic hydroxyl groups is 1. The van der Waals surface area contributed by atoms with Crippen molar-refractivity contribution in [3.8, 4) is 5.75 Å². The maximum Gasteiger partial charge on any atom is 0.130 e. The van der Waals surface area contributed by atoms with Crippen molar-refractivity contribution in [3.63, 3.8) is 0 Å². The maximum absolute atomic E-state index is 10.2. The lowest BCUT2D eigenvalue weighted by Gasteiger charge is -2.53. The normalized spacial score (nSPS) is 23.1. The van der Waals surface area contributed by atoms with Crippen LogP contribution in [-0.2, 0) is 11.8 Å². The third-order valence-corrected chi connectivity index (χ3v) is 6.43. The van der Waals surface area contributed by atoms with Gasteiger partial charge in [0.15, 0.2) is 0 Å². The summed E-state index contributed by atoms with van der Waals surface area (Å²) in [4.78, 5) is 2.49. The SMILES string of the molecule is CN1CCc2cc(Br)c(O)cc2C1C1(c2ccccc2)CCC1. The average Bonchev–Trinajstić information content (AvgIpc) is 2.51. The summed E-state index contributed by atoms with van der Waals surface area (Å²) in [5, 5.41) is 10.2. The third kappa shape index (κ3) is 2.33. The molecule has 1 atom stereocenters. The van der Waals surface area contributed by atoms with Crippen LogP contribution in [0.25, 0.3) is 0 Å². The van der Waals surface area contributed by atoms with Gasteiger partial charge in [-0.3, -0.25) is 4.90 Å². The van der Waals surface area contributed by atoms with Gasteiger partial charge in [0, 0.05) is 18.0 Å². The van der Waals surface area contributed by atoms with Crippen molar-refractivity contribution in [2.24, 2.45) is 0 Å². The number of phenols is 1. The van der Waals surface area contributed by atoms with Crippen LogP contribution in [0.4, 0.5) is 0 Å². The molecule has 1 unspecified atom stereocenters. The van der Waals surface area contributed by atoms with Crippen LogP contribution in [0.3, 0.4) is 0 Å². The smallest absolute Gasteiger partial charge is 0.130 e. The zero-order valence-electron chi connectivity index (χ0n) is 13.4. The van der Waals surface area contributed by atoms with Crippen molar-refractivity contribution in [2.75, 3.05) is 13.6 Å². The Labute approximate surface area is 146 Å². The van der Waals surface area contributed by atoms with E-state index < -0.39 is 0 Å². The molecule has 0 aromatic heterocycles. The molecule has 4 rings (SSSR count). The minimum atomic E-state index is 0.186. The minimum absolute atomic E-state index is 0.186. The standard InChI is InChI=1S/C20H22BrNO/c1-22-11-8-14-12-17(21)18(23)13-16(14)19(22)20(9-5-10-20)15-6-3-2-4-7-15/h2-4,6-7,12-13,19,23H,5,8-11H2,1H3. The van der Waals surface area contributed by atoms with Gasteiger partial charge in [0.1, 0.15) is 5.75 Å². The fourth-order valence-corrected chi connectivity index (χ4v) is 4.91. The van der Waals surface area contributed by atoms with Crippen LogP contribution in [0.5, 0.6) is 5.75 Å². The van der Waals surface area contributed by atoms with Crippen LogP contribution in [0, 0.1) is 0 Å². The van der Waals surface area contributed by atoms with Gasteiger partial charge in [-0.05, 0) is 71.1 Å². The van der Waals surface area contributed by atoms with Gasteiger partial charge in [0.2, 0.25) is 0 Å². The number of rotatable bonds is 2. The first-order valence-corrected chi connectivity index (χ1v) is 9.18. The maximum atomic E-state index is 10.2. The number of hydrogen-bond acceptors (Lipinski definition) is 2. The molecule has 120 valence electrons. The van der Waals surface area contributed by atoms with E-state index >= 15 is 0 Å². The van der Waals surface area contributed by atoms with Crippen molar-refractivity contribution in [1.82, 2.24) is 4.90 Å². The predicted molar refractivity (Wildman–Crippen MR) is 96.9 cm³/mol. The second kappa shape index (κ2) is 5.64. The van der Waals surface area contributed by atoms with Crippen molar-refractivity contribution in [3.05, 3.63) is 63.6 Å². The first-order valence-electron chi connectivity index (χ1n) is 8.39. The molecule has 1 saturated carbocycles. The van der Waals surface area contributed by atoms with Gasteiger partial charge in [-0.1, -0.05) is 36.8 Å². The number of phenolic OH excluding ortho intramolecular Hbond substituents is 1.